The van der Waals surface area contributed by atoms with E-state index in [4.69, 9.17) is 23.2 Å². The van der Waals surface area contributed by atoms with Gasteiger partial charge < -0.3 is 21.3 Å². The number of nitrogens with zero attached hydrogens (tertiary/aromatic N) is 1. The molecule has 1 unspecified atom stereocenters. The number of nitrogens with one attached hydrogen (secondary N) is 5. The zero-order valence-corrected chi connectivity index (χ0v) is 19.2. The zero-order chi connectivity index (χ0) is 24.4. The standard InChI is InChI=1S/C22H18Cl2N6O4/c1-10(31)25-12-3-5-13(6-4-12)26-20(33)14-9-17(32)28-19-18(14)21(34)30-22(29-19)27-16-7-2-11(23)8-15(16)24/h2-8,14H,9H2,1H3,(H,25,31)(H,26,33)(H3,27,28,29,30,32,34). The molecule has 2 heterocycles. The quantitative estimate of drug-likeness (QED) is 0.359. The molecule has 4 rings (SSSR count). The van der Waals surface area contributed by atoms with E-state index < -0.39 is 23.3 Å². The van der Waals surface area contributed by atoms with Crippen LogP contribution in [-0.2, 0) is 14.4 Å². The minimum absolute atomic E-state index is 0.0197. The van der Waals surface area contributed by atoms with Gasteiger partial charge in [0, 0.05) is 29.7 Å². The summed E-state index contributed by atoms with van der Waals surface area (Å²) in [6, 6.07) is 11.2. The van der Waals surface area contributed by atoms with Gasteiger partial charge in [-0.2, -0.15) is 4.98 Å². The first-order chi connectivity index (χ1) is 16.2. The average Bonchev–Trinajstić information content (AvgIpc) is 2.76. The van der Waals surface area contributed by atoms with E-state index >= 15 is 0 Å². The van der Waals surface area contributed by atoms with Crippen molar-refractivity contribution >= 4 is 69.8 Å². The Morgan fingerprint density at radius 2 is 1.71 bits per heavy atom. The summed E-state index contributed by atoms with van der Waals surface area (Å²) in [7, 11) is 0. The van der Waals surface area contributed by atoms with Gasteiger partial charge in [-0.3, -0.25) is 24.2 Å². The molecule has 1 aromatic heterocycles. The first-order valence-electron chi connectivity index (χ1n) is 10.0. The Kier molecular flexibility index (Phi) is 6.53. The van der Waals surface area contributed by atoms with E-state index in [1.54, 1.807) is 36.4 Å². The Labute approximate surface area is 203 Å². The van der Waals surface area contributed by atoms with Crippen molar-refractivity contribution in [3.05, 3.63) is 68.4 Å². The Hall–Kier alpha value is -3.89. The summed E-state index contributed by atoms with van der Waals surface area (Å²) in [5, 5.41) is 11.5. The van der Waals surface area contributed by atoms with Gasteiger partial charge in [0.05, 0.1) is 22.2 Å². The number of hydrogen-bond donors (Lipinski definition) is 5. The van der Waals surface area contributed by atoms with Gasteiger partial charge in [0.15, 0.2) is 0 Å². The number of H-pyrrole nitrogens is 1. The van der Waals surface area contributed by atoms with E-state index in [-0.39, 0.29) is 29.7 Å². The number of hydrogen-bond acceptors (Lipinski definition) is 6. The average molecular weight is 501 g/mol. The molecular weight excluding hydrogens is 483 g/mol. The number of carbonyl (C=O) groups is 3. The topological polar surface area (TPSA) is 145 Å². The number of rotatable bonds is 5. The number of aromatic nitrogens is 2. The van der Waals surface area contributed by atoms with Gasteiger partial charge in [0.2, 0.25) is 23.7 Å². The Bertz CT molecular complexity index is 1360. The highest BCUT2D eigenvalue weighted by Gasteiger charge is 2.34. The predicted octanol–water partition coefficient (Wildman–Crippen LogP) is 3.84. The Morgan fingerprint density at radius 3 is 2.35 bits per heavy atom. The summed E-state index contributed by atoms with van der Waals surface area (Å²) in [5.74, 6) is -2.26. The van der Waals surface area contributed by atoms with Crippen LogP contribution in [0.3, 0.4) is 0 Å². The van der Waals surface area contributed by atoms with Crippen molar-refractivity contribution in [1.29, 1.82) is 0 Å². The van der Waals surface area contributed by atoms with Crippen LogP contribution in [0.25, 0.3) is 0 Å². The van der Waals surface area contributed by atoms with Crippen LogP contribution in [0, 0.1) is 0 Å². The maximum absolute atomic E-state index is 13.0. The number of benzene rings is 2. The molecule has 5 N–H and O–H groups in total. The van der Waals surface area contributed by atoms with Crippen LogP contribution in [0.1, 0.15) is 24.8 Å². The highest BCUT2D eigenvalue weighted by Crippen LogP contribution is 2.31. The number of anilines is 5. The molecule has 0 fully saturated rings. The number of aromatic amines is 1. The van der Waals surface area contributed by atoms with Crippen molar-refractivity contribution < 1.29 is 14.4 Å². The Balaban J connectivity index is 1.58. The largest absolute Gasteiger partial charge is 0.326 e. The number of fused-ring (bicyclic) bond motifs is 1. The van der Waals surface area contributed by atoms with Crippen molar-refractivity contribution in [2.24, 2.45) is 0 Å². The fraction of sp³-hybridized carbons (Fsp3) is 0.136. The first-order valence-corrected chi connectivity index (χ1v) is 10.8. The van der Waals surface area contributed by atoms with E-state index in [0.717, 1.165) is 0 Å². The van der Waals surface area contributed by atoms with Crippen LogP contribution in [-0.4, -0.2) is 27.7 Å². The number of amides is 3. The van der Waals surface area contributed by atoms with Crippen molar-refractivity contribution in [3.8, 4) is 0 Å². The molecule has 0 bridgehead atoms. The van der Waals surface area contributed by atoms with Gasteiger partial charge in [0.25, 0.3) is 5.56 Å². The van der Waals surface area contributed by atoms with Crippen molar-refractivity contribution in [2.45, 2.75) is 19.3 Å². The van der Waals surface area contributed by atoms with Crippen LogP contribution < -0.4 is 26.8 Å². The van der Waals surface area contributed by atoms with Crippen LogP contribution in [0.4, 0.5) is 28.8 Å². The second-order valence-corrected chi connectivity index (χ2v) is 8.32. The van der Waals surface area contributed by atoms with Crippen molar-refractivity contribution in [1.82, 2.24) is 9.97 Å². The third kappa shape index (κ3) is 5.19. The van der Waals surface area contributed by atoms with E-state index in [0.29, 0.717) is 27.1 Å². The fourth-order valence-electron chi connectivity index (χ4n) is 3.44. The summed E-state index contributed by atoms with van der Waals surface area (Å²) >= 11 is 12.1. The SMILES string of the molecule is CC(=O)Nc1ccc(NC(=O)C2CC(=O)Nc3nc(Nc4ccc(Cl)cc4Cl)[nH]c(=O)c32)cc1. The van der Waals surface area contributed by atoms with Gasteiger partial charge in [-0.25, -0.2) is 0 Å². The number of halogens is 2. The van der Waals surface area contributed by atoms with Crippen LogP contribution in [0.5, 0.6) is 0 Å². The molecule has 2 aromatic carbocycles. The zero-order valence-electron chi connectivity index (χ0n) is 17.7. The highest BCUT2D eigenvalue weighted by molar-refractivity contribution is 6.36. The molecule has 3 amide bonds. The van der Waals surface area contributed by atoms with Gasteiger partial charge in [0.1, 0.15) is 5.82 Å². The highest BCUT2D eigenvalue weighted by atomic mass is 35.5. The lowest BCUT2D eigenvalue weighted by atomic mass is 9.92. The molecule has 0 radical (unpaired) electrons. The van der Waals surface area contributed by atoms with Crippen LogP contribution >= 0.6 is 23.2 Å². The normalized spacial score (nSPS) is 14.6. The smallest absolute Gasteiger partial charge is 0.258 e. The summed E-state index contributed by atoms with van der Waals surface area (Å²) in [4.78, 5) is 56.1. The lowest BCUT2D eigenvalue weighted by molar-refractivity contribution is -0.123. The fourth-order valence-corrected chi connectivity index (χ4v) is 3.90. The third-order valence-electron chi connectivity index (χ3n) is 4.92. The lowest BCUT2D eigenvalue weighted by Crippen LogP contribution is -2.36. The lowest BCUT2D eigenvalue weighted by Gasteiger charge is -2.23. The molecule has 1 atom stereocenters. The maximum atomic E-state index is 13.0. The third-order valence-corrected chi connectivity index (χ3v) is 5.47. The van der Waals surface area contributed by atoms with Gasteiger partial charge in [-0.05, 0) is 42.5 Å². The first kappa shape index (κ1) is 23.3. The molecule has 10 nitrogen and oxygen atoms in total. The van der Waals surface area contributed by atoms with Gasteiger partial charge in [-0.15, -0.1) is 0 Å². The summed E-state index contributed by atoms with van der Waals surface area (Å²) < 4.78 is 0. The van der Waals surface area contributed by atoms with Crippen LogP contribution in [0.15, 0.2) is 47.3 Å². The van der Waals surface area contributed by atoms with Gasteiger partial charge >= 0.3 is 0 Å². The molecule has 3 aromatic rings. The summed E-state index contributed by atoms with van der Waals surface area (Å²) in [6.45, 7) is 1.39. The van der Waals surface area contributed by atoms with E-state index in [1.165, 1.54) is 13.0 Å². The van der Waals surface area contributed by atoms with E-state index in [1.807, 2.05) is 0 Å². The minimum atomic E-state index is -1.05. The molecule has 34 heavy (non-hydrogen) atoms. The van der Waals surface area contributed by atoms with E-state index in [2.05, 4.69) is 31.2 Å². The predicted molar refractivity (Wildman–Crippen MR) is 130 cm³/mol. The van der Waals surface area contributed by atoms with Crippen molar-refractivity contribution in [3.63, 3.8) is 0 Å². The monoisotopic (exact) mass is 500 g/mol. The molecule has 174 valence electrons. The molecule has 0 spiro atoms. The molecular formula is C22H18Cl2N6O4. The maximum Gasteiger partial charge on any atom is 0.258 e. The summed E-state index contributed by atoms with van der Waals surface area (Å²) in [6.07, 6.45) is -0.219. The van der Waals surface area contributed by atoms with E-state index in [9.17, 15) is 19.2 Å². The summed E-state index contributed by atoms with van der Waals surface area (Å²) in [5.41, 5.74) is 0.896. The molecule has 0 saturated heterocycles. The second-order valence-electron chi connectivity index (χ2n) is 7.48. The molecule has 0 aliphatic carbocycles. The van der Waals surface area contributed by atoms with Crippen LogP contribution in [0.2, 0.25) is 10.0 Å². The molecule has 0 saturated carbocycles. The molecule has 1 aliphatic heterocycles. The number of carbonyl (C=O) groups excluding carboxylic acids is 3. The van der Waals surface area contributed by atoms with Crippen molar-refractivity contribution in [2.75, 3.05) is 21.3 Å². The molecule has 12 heteroatoms. The second kappa shape index (κ2) is 9.54. The Morgan fingerprint density at radius 1 is 1.03 bits per heavy atom. The molecule has 1 aliphatic rings. The van der Waals surface area contributed by atoms with Gasteiger partial charge in [-0.1, -0.05) is 23.2 Å². The minimum Gasteiger partial charge on any atom is -0.326 e.